The van der Waals surface area contributed by atoms with Crippen molar-refractivity contribution < 1.29 is 27.8 Å². The number of benzene rings is 2. The number of ether oxygens (including phenoxy) is 1. The zero-order valence-corrected chi connectivity index (χ0v) is 16.6. The largest absolute Gasteiger partial charge is 0.444 e. The van der Waals surface area contributed by atoms with E-state index in [1.165, 1.54) is 12.1 Å². The van der Waals surface area contributed by atoms with Gasteiger partial charge in [0.25, 0.3) is 0 Å². The number of alkyl halides is 3. The van der Waals surface area contributed by atoms with Gasteiger partial charge >= 0.3 is 12.3 Å². The first-order valence-corrected chi connectivity index (χ1v) is 9.39. The highest BCUT2D eigenvalue weighted by Crippen LogP contribution is 2.33. The molecule has 0 saturated heterocycles. The standard InChI is InChI=1S/C22H24F3NO3/c1-21(2,3)29-20(28)26-12-11-17-15(13-26)5-4-6-18(17)19(27)14-7-9-16(10-8-14)22(23,24)25/h4-10,19,27H,11-13H2,1-3H3. The van der Waals surface area contributed by atoms with E-state index >= 15 is 0 Å². The lowest BCUT2D eigenvalue weighted by molar-refractivity contribution is -0.137. The Labute approximate surface area is 167 Å². The van der Waals surface area contributed by atoms with E-state index < -0.39 is 29.5 Å². The van der Waals surface area contributed by atoms with Crippen LogP contribution in [0.5, 0.6) is 0 Å². The molecule has 3 rings (SSSR count). The fraction of sp³-hybridized carbons (Fsp3) is 0.409. The van der Waals surface area contributed by atoms with Gasteiger partial charge in [0, 0.05) is 13.1 Å². The second kappa shape index (κ2) is 7.71. The van der Waals surface area contributed by atoms with Crippen LogP contribution in [-0.4, -0.2) is 28.2 Å². The number of aliphatic hydroxyl groups is 1. The molecule has 1 unspecified atom stereocenters. The molecule has 4 nitrogen and oxygen atoms in total. The topological polar surface area (TPSA) is 49.8 Å². The Morgan fingerprint density at radius 1 is 1.10 bits per heavy atom. The maximum Gasteiger partial charge on any atom is 0.416 e. The number of carbonyl (C=O) groups excluding carboxylic acids is 1. The van der Waals surface area contributed by atoms with Gasteiger partial charge in [-0.1, -0.05) is 30.3 Å². The van der Waals surface area contributed by atoms with Crippen LogP contribution in [0.2, 0.25) is 0 Å². The highest BCUT2D eigenvalue weighted by molar-refractivity contribution is 5.68. The smallest absolute Gasteiger partial charge is 0.416 e. The Morgan fingerprint density at radius 2 is 1.76 bits per heavy atom. The van der Waals surface area contributed by atoms with Crippen LogP contribution in [0.15, 0.2) is 42.5 Å². The fourth-order valence-corrected chi connectivity index (χ4v) is 3.41. The van der Waals surface area contributed by atoms with Crippen molar-refractivity contribution in [1.29, 1.82) is 0 Å². The lowest BCUT2D eigenvalue weighted by atomic mass is 9.89. The SMILES string of the molecule is CC(C)(C)OC(=O)N1CCc2c(cccc2C(O)c2ccc(C(F)(F)F)cc2)C1. The van der Waals surface area contributed by atoms with Crippen molar-refractivity contribution in [3.8, 4) is 0 Å². The number of amides is 1. The Morgan fingerprint density at radius 3 is 2.34 bits per heavy atom. The number of fused-ring (bicyclic) bond motifs is 1. The van der Waals surface area contributed by atoms with Crippen LogP contribution in [0.3, 0.4) is 0 Å². The van der Waals surface area contributed by atoms with Crippen LogP contribution < -0.4 is 0 Å². The second-order valence-corrected chi connectivity index (χ2v) is 8.16. The molecule has 0 spiro atoms. The molecule has 1 amide bonds. The molecule has 0 fully saturated rings. The number of hydrogen-bond donors (Lipinski definition) is 1. The van der Waals surface area contributed by atoms with Crippen molar-refractivity contribution in [2.24, 2.45) is 0 Å². The van der Waals surface area contributed by atoms with Crippen LogP contribution in [0.1, 0.15) is 54.7 Å². The molecule has 0 bridgehead atoms. The molecule has 0 radical (unpaired) electrons. The number of nitrogens with zero attached hydrogens (tertiary/aromatic N) is 1. The van der Waals surface area contributed by atoms with E-state index in [4.69, 9.17) is 4.74 Å². The van der Waals surface area contributed by atoms with Crippen molar-refractivity contribution in [3.05, 3.63) is 70.3 Å². The zero-order valence-electron chi connectivity index (χ0n) is 16.6. The molecule has 2 aromatic rings. The van der Waals surface area contributed by atoms with Gasteiger partial charge in [0.05, 0.1) is 5.56 Å². The van der Waals surface area contributed by atoms with E-state index in [2.05, 4.69) is 0 Å². The minimum atomic E-state index is -4.42. The highest BCUT2D eigenvalue weighted by Gasteiger charge is 2.31. The molecular weight excluding hydrogens is 383 g/mol. The minimum Gasteiger partial charge on any atom is -0.444 e. The molecule has 1 aliphatic rings. The van der Waals surface area contributed by atoms with E-state index in [-0.39, 0.29) is 0 Å². The molecule has 1 atom stereocenters. The summed E-state index contributed by atoms with van der Waals surface area (Å²) in [5.74, 6) is 0. The lowest BCUT2D eigenvalue weighted by Crippen LogP contribution is -2.40. The maximum absolute atomic E-state index is 12.8. The molecule has 1 heterocycles. The minimum absolute atomic E-state index is 0.359. The summed E-state index contributed by atoms with van der Waals surface area (Å²) in [5, 5.41) is 10.8. The first kappa shape index (κ1) is 21.2. The highest BCUT2D eigenvalue weighted by atomic mass is 19.4. The van der Waals surface area contributed by atoms with Gasteiger partial charge in [-0.05, 0) is 61.6 Å². The third-order valence-corrected chi connectivity index (χ3v) is 4.80. The quantitative estimate of drug-likeness (QED) is 0.755. The molecule has 156 valence electrons. The van der Waals surface area contributed by atoms with E-state index in [1.54, 1.807) is 37.8 Å². The van der Waals surface area contributed by atoms with Gasteiger partial charge in [0.1, 0.15) is 11.7 Å². The molecule has 1 N–H and O–H groups in total. The molecule has 7 heteroatoms. The molecule has 0 aliphatic carbocycles. The number of rotatable bonds is 2. The van der Waals surface area contributed by atoms with Gasteiger partial charge in [-0.15, -0.1) is 0 Å². The molecule has 2 aromatic carbocycles. The first-order chi connectivity index (χ1) is 13.5. The van der Waals surface area contributed by atoms with Gasteiger partial charge in [-0.3, -0.25) is 0 Å². The number of halogens is 3. The fourth-order valence-electron chi connectivity index (χ4n) is 3.41. The Kier molecular flexibility index (Phi) is 5.63. The van der Waals surface area contributed by atoms with Gasteiger partial charge < -0.3 is 14.7 Å². The average molecular weight is 407 g/mol. The molecular formula is C22H24F3NO3. The predicted molar refractivity (Wildman–Crippen MR) is 102 cm³/mol. The normalized spacial score (nSPS) is 15.6. The van der Waals surface area contributed by atoms with Crippen LogP contribution in [0.25, 0.3) is 0 Å². The zero-order chi connectivity index (χ0) is 21.4. The number of aliphatic hydroxyl groups excluding tert-OH is 1. The van der Waals surface area contributed by atoms with Crippen molar-refractivity contribution in [2.45, 2.75) is 51.6 Å². The average Bonchev–Trinajstić information content (AvgIpc) is 2.64. The van der Waals surface area contributed by atoms with Crippen LogP contribution in [-0.2, 0) is 23.9 Å². The van der Waals surface area contributed by atoms with Gasteiger partial charge in [-0.25, -0.2) is 4.79 Å². The summed E-state index contributed by atoms with van der Waals surface area (Å²) >= 11 is 0. The van der Waals surface area contributed by atoms with Crippen molar-refractivity contribution in [1.82, 2.24) is 4.90 Å². The van der Waals surface area contributed by atoms with E-state index in [9.17, 15) is 23.1 Å². The molecule has 0 aromatic heterocycles. The maximum atomic E-state index is 12.8. The summed E-state index contributed by atoms with van der Waals surface area (Å²) in [5.41, 5.74) is 1.51. The molecule has 0 saturated carbocycles. The summed E-state index contributed by atoms with van der Waals surface area (Å²) < 4.78 is 43.7. The van der Waals surface area contributed by atoms with Crippen molar-refractivity contribution in [2.75, 3.05) is 6.54 Å². The lowest BCUT2D eigenvalue weighted by Gasteiger charge is -2.32. The predicted octanol–water partition coefficient (Wildman–Crippen LogP) is 5.08. The van der Waals surface area contributed by atoms with Crippen LogP contribution in [0, 0.1) is 0 Å². The second-order valence-electron chi connectivity index (χ2n) is 8.16. The van der Waals surface area contributed by atoms with Gasteiger partial charge in [-0.2, -0.15) is 13.2 Å². The van der Waals surface area contributed by atoms with Crippen molar-refractivity contribution >= 4 is 6.09 Å². The van der Waals surface area contributed by atoms with Gasteiger partial charge in [0.2, 0.25) is 0 Å². The van der Waals surface area contributed by atoms with E-state index in [0.29, 0.717) is 30.6 Å². The summed E-state index contributed by atoms with van der Waals surface area (Å²) in [7, 11) is 0. The summed E-state index contributed by atoms with van der Waals surface area (Å²) in [4.78, 5) is 14.0. The Hall–Kier alpha value is -2.54. The Balaban J connectivity index is 1.81. The summed E-state index contributed by atoms with van der Waals surface area (Å²) in [6.07, 6.45) is -5.32. The summed E-state index contributed by atoms with van der Waals surface area (Å²) in [6, 6.07) is 9.96. The van der Waals surface area contributed by atoms with Crippen LogP contribution in [0.4, 0.5) is 18.0 Å². The monoisotopic (exact) mass is 407 g/mol. The first-order valence-electron chi connectivity index (χ1n) is 9.39. The van der Waals surface area contributed by atoms with E-state index in [0.717, 1.165) is 23.3 Å². The molecule has 1 aliphatic heterocycles. The third kappa shape index (κ3) is 4.90. The molecule has 29 heavy (non-hydrogen) atoms. The number of carbonyl (C=O) groups is 1. The van der Waals surface area contributed by atoms with E-state index in [1.807, 2.05) is 6.07 Å². The summed E-state index contributed by atoms with van der Waals surface area (Å²) in [6.45, 7) is 6.22. The van der Waals surface area contributed by atoms with Gasteiger partial charge in [0.15, 0.2) is 0 Å². The van der Waals surface area contributed by atoms with Crippen LogP contribution >= 0.6 is 0 Å². The van der Waals surface area contributed by atoms with Crippen molar-refractivity contribution in [3.63, 3.8) is 0 Å². The number of hydrogen-bond acceptors (Lipinski definition) is 3. The third-order valence-electron chi connectivity index (χ3n) is 4.80. The Bertz CT molecular complexity index is 886.